The van der Waals surface area contributed by atoms with Gasteiger partial charge < -0.3 is 10.4 Å². The summed E-state index contributed by atoms with van der Waals surface area (Å²) in [6.45, 7) is 3.86. The fourth-order valence-electron chi connectivity index (χ4n) is 1.65. The number of carbonyl (C=O) groups is 1. The Morgan fingerprint density at radius 1 is 1.26 bits per heavy atom. The number of aromatic hydroxyl groups is 1. The Balaban J connectivity index is 2.05. The maximum atomic E-state index is 12.0. The highest BCUT2D eigenvalue weighted by molar-refractivity contribution is 5.96. The van der Waals surface area contributed by atoms with Crippen LogP contribution in [0.5, 0.6) is 5.75 Å². The van der Waals surface area contributed by atoms with Gasteiger partial charge in [-0.3, -0.25) is 14.8 Å². The molecule has 5 heteroatoms. The molecule has 1 aromatic heterocycles. The summed E-state index contributed by atoms with van der Waals surface area (Å²) in [6, 6.07) is 4.87. The lowest BCUT2D eigenvalue weighted by atomic mass is 10.1. The van der Waals surface area contributed by atoms with Crippen LogP contribution >= 0.6 is 0 Å². The van der Waals surface area contributed by atoms with Crippen molar-refractivity contribution in [1.82, 2.24) is 15.3 Å². The number of amides is 1. The molecule has 0 spiro atoms. The fourth-order valence-corrected chi connectivity index (χ4v) is 1.65. The molecule has 0 radical (unpaired) electrons. The quantitative estimate of drug-likeness (QED) is 0.878. The maximum absolute atomic E-state index is 12.0. The third-order valence-electron chi connectivity index (χ3n) is 2.81. The van der Waals surface area contributed by atoms with Crippen LogP contribution in [0.25, 0.3) is 0 Å². The Morgan fingerprint density at radius 2 is 2.05 bits per heavy atom. The molecule has 0 saturated heterocycles. The van der Waals surface area contributed by atoms with E-state index in [1.54, 1.807) is 37.5 Å². The molecule has 0 unspecified atom stereocenters. The summed E-state index contributed by atoms with van der Waals surface area (Å²) < 4.78 is 0. The third-order valence-corrected chi connectivity index (χ3v) is 2.81. The summed E-state index contributed by atoms with van der Waals surface area (Å²) in [5.41, 5.74) is 2.55. The Morgan fingerprint density at radius 3 is 2.74 bits per heavy atom. The van der Waals surface area contributed by atoms with Crippen LogP contribution in [-0.4, -0.2) is 21.0 Å². The number of carbonyl (C=O) groups excluding carboxylic acids is 1. The van der Waals surface area contributed by atoms with Crippen molar-refractivity contribution in [3.63, 3.8) is 0 Å². The molecule has 2 N–H and O–H groups in total. The lowest BCUT2D eigenvalue weighted by molar-refractivity contribution is 0.0949. The molecule has 19 heavy (non-hydrogen) atoms. The second-order valence-electron chi connectivity index (χ2n) is 4.28. The van der Waals surface area contributed by atoms with Gasteiger partial charge in [0.1, 0.15) is 5.75 Å². The van der Waals surface area contributed by atoms with Gasteiger partial charge in [-0.1, -0.05) is 6.07 Å². The van der Waals surface area contributed by atoms with E-state index in [1.165, 1.54) is 0 Å². The van der Waals surface area contributed by atoms with Gasteiger partial charge in [-0.2, -0.15) is 0 Å². The monoisotopic (exact) mass is 257 g/mol. The van der Waals surface area contributed by atoms with E-state index in [1.807, 2.05) is 6.92 Å². The largest absolute Gasteiger partial charge is 0.508 e. The first-order valence-corrected chi connectivity index (χ1v) is 5.92. The average Bonchev–Trinajstić information content (AvgIpc) is 2.41. The zero-order valence-electron chi connectivity index (χ0n) is 10.8. The molecule has 0 aliphatic rings. The third kappa shape index (κ3) is 3.07. The number of rotatable bonds is 3. The summed E-state index contributed by atoms with van der Waals surface area (Å²) in [6.07, 6.45) is 3.28. The lowest BCUT2D eigenvalue weighted by Crippen LogP contribution is -2.24. The Kier molecular flexibility index (Phi) is 3.75. The van der Waals surface area contributed by atoms with Gasteiger partial charge in [-0.25, -0.2) is 0 Å². The van der Waals surface area contributed by atoms with Crippen molar-refractivity contribution >= 4 is 5.91 Å². The van der Waals surface area contributed by atoms with Crippen LogP contribution in [0.3, 0.4) is 0 Å². The Labute approximate surface area is 111 Å². The van der Waals surface area contributed by atoms with Crippen molar-refractivity contribution in [3.05, 3.63) is 53.1 Å². The highest BCUT2D eigenvalue weighted by Crippen LogP contribution is 2.19. The molecular weight excluding hydrogens is 242 g/mol. The lowest BCUT2D eigenvalue weighted by Gasteiger charge is -2.08. The summed E-state index contributed by atoms with van der Waals surface area (Å²) >= 11 is 0. The summed E-state index contributed by atoms with van der Waals surface area (Å²) in [5.74, 6) is -0.126. The molecule has 0 bridgehead atoms. The van der Waals surface area contributed by atoms with Gasteiger partial charge in [-0.15, -0.1) is 0 Å². The van der Waals surface area contributed by atoms with Crippen LogP contribution in [0.2, 0.25) is 0 Å². The van der Waals surface area contributed by atoms with E-state index in [4.69, 9.17) is 0 Å². The molecule has 2 rings (SSSR count). The number of aromatic nitrogens is 2. The molecule has 1 heterocycles. The number of phenolic OH excluding ortho intramolecular Hbond substituents is 1. The van der Waals surface area contributed by atoms with E-state index in [-0.39, 0.29) is 11.7 Å². The molecule has 0 fully saturated rings. The SMILES string of the molecule is Cc1cnc(CNC(=O)c2cccc(O)c2C)cn1. The Bertz CT molecular complexity index is 594. The normalized spacial score (nSPS) is 10.2. The van der Waals surface area contributed by atoms with Crippen LogP contribution in [0.15, 0.2) is 30.6 Å². The molecule has 98 valence electrons. The van der Waals surface area contributed by atoms with Crippen molar-refractivity contribution in [3.8, 4) is 5.75 Å². The molecule has 1 amide bonds. The van der Waals surface area contributed by atoms with Crippen LogP contribution in [0.4, 0.5) is 0 Å². The van der Waals surface area contributed by atoms with E-state index < -0.39 is 0 Å². The minimum absolute atomic E-state index is 0.114. The van der Waals surface area contributed by atoms with Crippen molar-refractivity contribution in [2.24, 2.45) is 0 Å². The van der Waals surface area contributed by atoms with Crippen molar-refractivity contribution in [1.29, 1.82) is 0 Å². The van der Waals surface area contributed by atoms with Gasteiger partial charge in [0.25, 0.3) is 5.91 Å². The molecule has 0 aliphatic heterocycles. The van der Waals surface area contributed by atoms with E-state index in [0.29, 0.717) is 23.4 Å². The van der Waals surface area contributed by atoms with Crippen molar-refractivity contribution < 1.29 is 9.90 Å². The van der Waals surface area contributed by atoms with Gasteiger partial charge >= 0.3 is 0 Å². The first kappa shape index (κ1) is 13.0. The summed E-state index contributed by atoms with van der Waals surface area (Å²) in [4.78, 5) is 20.3. The smallest absolute Gasteiger partial charge is 0.252 e. The van der Waals surface area contributed by atoms with E-state index in [2.05, 4.69) is 15.3 Å². The number of hydrogen-bond acceptors (Lipinski definition) is 4. The van der Waals surface area contributed by atoms with E-state index in [0.717, 1.165) is 5.69 Å². The number of aryl methyl sites for hydroxylation is 1. The number of benzene rings is 1. The van der Waals surface area contributed by atoms with Crippen LogP contribution in [-0.2, 0) is 6.54 Å². The van der Waals surface area contributed by atoms with E-state index >= 15 is 0 Å². The molecular formula is C14H15N3O2. The van der Waals surface area contributed by atoms with Gasteiger partial charge in [0.15, 0.2) is 0 Å². The summed E-state index contributed by atoms with van der Waals surface area (Å²) in [5, 5.41) is 12.3. The molecule has 5 nitrogen and oxygen atoms in total. The first-order valence-electron chi connectivity index (χ1n) is 5.92. The van der Waals surface area contributed by atoms with Crippen LogP contribution in [0, 0.1) is 13.8 Å². The zero-order valence-corrected chi connectivity index (χ0v) is 10.8. The molecule has 0 aliphatic carbocycles. The predicted molar refractivity (Wildman–Crippen MR) is 70.8 cm³/mol. The number of nitrogens with one attached hydrogen (secondary N) is 1. The van der Waals surface area contributed by atoms with E-state index in [9.17, 15) is 9.90 Å². The standard InChI is InChI=1S/C14H15N3O2/c1-9-6-16-11(7-15-9)8-17-14(19)12-4-3-5-13(18)10(12)2/h3-7,18H,8H2,1-2H3,(H,17,19). The molecule has 2 aromatic rings. The van der Waals surface area contributed by atoms with Crippen molar-refractivity contribution in [2.75, 3.05) is 0 Å². The first-order chi connectivity index (χ1) is 9.08. The second-order valence-corrected chi connectivity index (χ2v) is 4.28. The second kappa shape index (κ2) is 5.48. The van der Waals surface area contributed by atoms with Gasteiger partial charge in [-0.05, 0) is 26.0 Å². The fraction of sp³-hybridized carbons (Fsp3) is 0.214. The molecule has 0 atom stereocenters. The Hall–Kier alpha value is -2.43. The van der Waals surface area contributed by atoms with Crippen LogP contribution in [0.1, 0.15) is 27.3 Å². The average molecular weight is 257 g/mol. The zero-order chi connectivity index (χ0) is 13.8. The highest BCUT2D eigenvalue weighted by atomic mass is 16.3. The molecule has 0 saturated carbocycles. The predicted octanol–water partition coefficient (Wildman–Crippen LogP) is 1.73. The highest BCUT2D eigenvalue weighted by Gasteiger charge is 2.11. The van der Waals surface area contributed by atoms with Crippen molar-refractivity contribution in [2.45, 2.75) is 20.4 Å². The van der Waals surface area contributed by atoms with Gasteiger partial charge in [0.2, 0.25) is 0 Å². The maximum Gasteiger partial charge on any atom is 0.252 e. The number of nitrogens with zero attached hydrogens (tertiary/aromatic N) is 2. The molecule has 1 aromatic carbocycles. The van der Waals surface area contributed by atoms with Crippen LogP contribution < -0.4 is 5.32 Å². The minimum atomic E-state index is -0.240. The number of phenols is 1. The minimum Gasteiger partial charge on any atom is -0.508 e. The van der Waals surface area contributed by atoms with Gasteiger partial charge in [0, 0.05) is 17.3 Å². The number of hydrogen-bond donors (Lipinski definition) is 2. The topological polar surface area (TPSA) is 75.1 Å². The van der Waals surface area contributed by atoms with Gasteiger partial charge in [0.05, 0.1) is 24.1 Å². The summed E-state index contributed by atoms with van der Waals surface area (Å²) in [7, 11) is 0.